The van der Waals surface area contributed by atoms with E-state index in [2.05, 4.69) is 19.9 Å². The molecule has 1 saturated carbocycles. The molecule has 0 saturated heterocycles. The molecule has 1 fully saturated rings. The third kappa shape index (κ3) is 4.83. The van der Waals surface area contributed by atoms with Gasteiger partial charge in [-0.1, -0.05) is 12.5 Å². The van der Waals surface area contributed by atoms with Crippen LogP contribution in [-0.4, -0.2) is 60.8 Å². The number of hydrogen-bond donors (Lipinski definition) is 1. The Kier molecular flexibility index (Phi) is 7.27. The summed E-state index contributed by atoms with van der Waals surface area (Å²) in [7, 11) is 0.731. The van der Waals surface area contributed by atoms with Crippen LogP contribution in [-0.2, 0) is 14.8 Å². The number of methoxy groups -OCH3 is 3. The molecule has 2 aromatic heterocycles. The molecule has 188 valence electrons. The van der Waals surface area contributed by atoms with Gasteiger partial charge in [0.05, 0.1) is 20.3 Å². The monoisotopic (exact) mass is 501 g/mol. The minimum absolute atomic E-state index is 0.0135. The Hall–Kier alpha value is -3.18. The van der Waals surface area contributed by atoms with Crippen molar-refractivity contribution in [2.45, 2.75) is 44.5 Å². The van der Waals surface area contributed by atoms with Crippen LogP contribution in [0.5, 0.6) is 11.5 Å². The van der Waals surface area contributed by atoms with E-state index in [0.29, 0.717) is 28.6 Å². The topological polar surface area (TPSA) is 117 Å². The molecule has 11 heteroatoms. The molecular weight excluding hydrogens is 470 g/mol. The van der Waals surface area contributed by atoms with Gasteiger partial charge < -0.3 is 14.2 Å². The summed E-state index contributed by atoms with van der Waals surface area (Å²) in [5.74, 6) is 1.54. The SMILES string of the molecule is COc1cccc(OC)c1-n1c(NS(=O)(=O)[C@@H](C)[C@@H](OC)C2CCC2)nnc1-c1cncc(C)c1. The van der Waals surface area contributed by atoms with Crippen LogP contribution in [0.25, 0.3) is 17.1 Å². The average Bonchev–Trinajstić information content (AvgIpc) is 3.22. The van der Waals surface area contributed by atoms with Crippen LogP contribution >= 0.6 is 0 Å². The highest BCUT2D eigenvalue weighted by Crippen LogP contribution is 2.38. The molecule has 1 aromatic carbocycles. The smallest absolute Gasteiger partial charge is 0.243 e. The van der Waals surface area contributed by atoms with Crippen LogP contribution in [0.3, 0.4) is 0 Å². The first-order valence-electron chi connectivity index (χ1n) is 11.4. The number of ether oxygens (including phenoxy) is 3. The summed E-state index contributed by atoms with van der Waals surface area (Å²) in [5, 5.41) is 7.75. The summed E-state index contributed by atoms with van der Waals surface area (Å²) in [4.78, 5) is 4.26. The van der Waals surface area contributed by atoms with Crippen molar-refractivity contribution < 1.29 is 22.6 Å². The number of hydrogen-bond acceptors (Lipinski definition) is 8. The minimum Gasteiger partial charge on any atom is -0.494 e. The fourth-order valence-corrected chi connectivity index (χ4v) is 5.67. The van der Waals surface area contributed by atoms with Crippen molar-refractivity contribution in [3.05, 3.63) is 42.2 Å². The number of nitrogens with zero attached hydrogens (tertiary/aromatic N) is 4. The van der Waals surface area contributed by atoms with Crippen LogP contribution in [0.15, 0.2) is 36.7 Å². The summed E-state index contributed by atoms with van der Waals surface area (Å²) >= 11 is 0. The summed E-state index contributed by atoms with van der Waals surface area (Å²) in [6, 6.07) is 7.20. The van der Waals surface area contributed by atoms with Crippen LogP contribution in [0.4, 0.5) is 5.95 Å². The lowest BCUT2D eigenvalue weighted by molar-refractivity contribution is 0.0194. The van der Waals surface area contributed by atoms with Crippen LogP contribution in [0.1, 0.15) is 31.7 Å². The first-order valence-corrected chi connectivity index (χ1v) is 13.0. The van der Waals surface area contributed by atoms with E-state index < -0.39 is 21.4 Å². The molecule has 1 aliphatic rings. The summed E-state index contributed by atoms with van der Waals surface area (Å²) < 4.78 is 48.0. The molecular formula is C24H31N5O5S. The second-order valence-corrected chi connectivity index (χ2v) is 10.7. The lowest BCUT2D eigenvalue weighted by Crippen LogP contribution is -2.43. The molecule has 2 heterocycles. The molecule has 4 rings (SSSR count). The first-order chi connectivity index (χ1) is 16.8. The van der Waals surface area contributed by atoms with Gasteiger partial charge in [0.25, 0.3) is 0 Å². The van der Waals surface area contributed by atoms with E-state index in [1.807, 2.05) is 13.0 Å². The van der Waals surface area contributed by atoms with Crippen molar-refractivity contribution in [2.24, 2.45) is 5.92 Å². The van der Waals surface area contributed by atoms with E-state index in [0.717, 1.165) is 24.8 Å². The predicted octanol–water partition coefficient (Wildman–Crippen LogP) is 3.60. The highest BCUT2D eigenvalue weighted by molar-refractivity contribution is 7.93. The maximum Gasteiger partial charge on any atom is 0.243 e. The molecule has 35 heavy (non-hydrogen) atoms. The second kappa shape index (κ2) is 10.2. The van der Waals surface area contributed by atoms with Gasteiger partial charge in [-0.3, -0.25) is 14.3 Å². The Morgan fingerprint density at radius 2 is 1.77 bits per heavy atom. The zero-order valence-electron chi connectivity index (χ0n) is 20.6. The summed E-state index contributed by atoms with van der Waals surface area (Å²) in [6.07, 6.45) is 5.95. The van der Waals surface area contributed by atoms with Gasteiger partial charge in [-0.25, -0.2) is 8.42 Å². The van der Waals surface area contributed by atoms with Gasteiger partial charge in [0.15, 0.2) is 5.82 Å². The average molecular weight is 502 g/mol. The van der Waals surface area contributed by atoms with E-state index in [4.69, 9.17) is 14.2 Å². The molecule has 0 radical (unpaired) electrons. The van der Waals surface area contributed by atoms with Gasteiger partial charge in [0, 0.05) is 25.1 Å². The van der Waals surface area contributed by atoms with E-state index in [9.17, 15) is 8.42 Å². The quantitative estimate of drug-likeness (QED) is 0.448. The third-order valence-corrected chi connectivity index (χ3v) is 8.21. The van der Waals surface area contributed by atoms with Crippen molar-refractivity contribution in [3.63, 3.8) is 0 Å². The zero-order valence-corrected chi connectivity index (χ0v) is 21.4. The number of aromatic nitrogens is 4. The molecule has 0 unspecified atom stereocenters. The van der Waals surface area contributed by atoms with E-state index in [1.165, 1.54) is 14.2 Å². The molecule has 3 aromatic rings. The number of benzene rings is 1. The largest absolute Gasteiger partial charge is 0.494 e. The highest BCUT2D eigenvalue weighted by Gasteiger charge is 2.39. The minimum atomic E-state index is -3.89. The van der Waals surface area contributed by atoms with Crippen molar-refractivity contribution in [1.82, 2.24) is 19.7 Å². The fourth-order valence-electron chi connectivity index (χ4n) is 4.41. The van der Waals surface area contributed by atoms with Crippen molar-refractivity contribution in [3.8, 4) is 28.6 Å². The Morgan fingerprint density at radius 3 is 2.31 bits per heavy atom. The molecule has 10 nitrogen and oxygen atoms in total. The molecule has 0 amide bonds. The van der Waals surface area contributed by atoms with Crippen molar-refractivity contribution in [2.75, 3.05) is 26.1 Å². The van der Waals surface area contributed by atoms with Gasteiger partial charge in [-0.2, -0.15) is 0 Å². The third-order valence-electron chi connectivity index (χ3n) is 6.49. The Bertz CT molecular complexity index is 1270. The number of rotatable bonds is 10. The van der Waals surface area contributed by atoms with Gasteiger partial charge in [-0.15, -0.1) is 10.2 Å². The van der Waals surface area contributed by atoms with Crippen molar-refractivity contribution in [1.29, 1.82) is 0 Å². The number of para-hydroxylation sites is 1. The molecule has 1 N–H and O–H groups in total. The molecule has 0 aliphatic heterocycles. The van der Waals surface area contributed by atoms with Crippen LogP contribution < -0.4 is 14.2 Å². The molecule has 2 atom stereocenters. The Labute approximate surface area is 205 Å². The molecule has 0 spiro atoms. The van der Waals surface area contributed by atoms with Gasteiger partial charge in [0.1, 0.15) is 22.4 Å². The summed E-state index contributed by atoms with van der Waals surface area (Å²) in [5.41, 5.74) is 2.04. The Morgan fingerprint density at radius 1 is 1.09 bits per heavy atom. The summed E-state index contributed by atoms with van der Waals surface area (Å²) in [6.45, 7) is 3.57. The number of aryl methyl sites for hydroxylation is 1. The van der Waals surface area contributed by atoms with E-state index >= 15 is 0 Å². The number of pyridine rings is 1. The number of nitrogens with one attached hydrogen (secondary N) is 1. The lowest BCUT2D eigenvalue weighted by Gasteiger charge is -2.35. The van der Waals surface area contributed by atoms with E-state index in [1.54, 1.807) is 49.2 Å². The molecule has 1 aliphatic carbocycles. The van der Waals surface area contributed by atoms with Gasteiger partial charge in [0.2, 0.25) is 16.0 Å². The maximum atomic E-state index is 13.5. The normalized spacial score (nSPS) is 15.8. The van der Waals surface area contributed by atoms with Crippen LogP contribution in [0.2, 0.25) is 0 Å². The van der Waals surface area contributed by atoms with Gasteiger partial charge in [-0.05, 0) is 56.4 Å². The maximum absolute atomic E-state index is 13.5. The fraction of sp³-hybridized carbons (Fsp3) is 0.458. The Balaban J connectivity index is 1.85. The second-order valence-electron chi connectivity index (χ2n) is 8.69. The standard InChI is InChI=1S/C24H31N5O5S/c1-15-12-18(14-25-13-15)23-26-27-24(29(23)21-19(32-3)10-7-11-20(21)33-4)28-35(30,31)16(2)22(34-5)17-8-6-9-17/h7,10-14,16-17,22H,6,8-9H2,1-5H3,(H,27,28)/t16-,22+/m0/s1. The first kappa shape index (κ1) is 24.9. The van der Waals surface area contributed by atoms with Gasteiger partial charge >= 0.3 is 0 Å². The zero-order chi connectivity index (χ0) is 25.2. The van der Waals surface area contributed by atoms with Crippen molar-refractivity contribution >= 4 is 16.0 Å². The molecule has 0 bridgehead atoms. The predicted molar refractivity (Wildman–Crippen MR) is 133 cm³/mol. The van der Waals surface area contributed by atoms with E-state index in [-0.39, 0.29) is 11.9 Å². The highest BCUT2D eigenvalue weighted by atomic mass is 32.2. The number of sulfonamides is 1. The van der Waals surface area contributed by atoms with Crippen LogP contribution in [0, 0.1) is 12.8 Å². The number of anilines is 1. The lowest BCUT2D eigenvalue weighted by atomic mass is 9.80.